The second-order valence-electron chi connectivity index (χ2n) is 3.68. The number of aliphatic carboxylic acids is 1. The number of carbonyl (C=O) groups is 2. The van der Waals surface area contributed by atoms with Gasteiger partial charge in [0.15, 0.2) is 0 Å². The molecule has 0 radical (unpaired) electrons. The molecule has 0 saturated carbocycles. The van der Waals surface area contributed by atoms with Crippen molar-refractivity contribution in [2.75, 3.05) is 5.32 Å². The van der Waals surface area contributed by atoms with Crippen LogP contribution in [0.1, 0.15) is 19.8 Å². The summed E-state index contributed by atoms with van der Waals surface area (Å²) in [6.07, 6.45) is 4.18. The van der Waals surface area contributed by atoms with Gasteiger partial charge in [0.25, 0.3) is 0 Å². The summed E-state index contributed by atoms with van der Waals surface area (Å²) in [5, 5.41) is 17.6. The second kappa shape index (κ2) is 5.88. The molecule has 1 atom stereocenters. The molecule has 0 fully saturated rings. The first-order valence-electron chi connectivity index (χ1n) is 5.32. The van der Waals surface area contributed by atoms with E-state index in [1.165, 1.54) is 10.9 Å². The van der Waals surface area contributed by atoms with E-state index in [1.807, 2.05) is 6.92 Å². The van der Waals surface area contributed by atoms with Gasteiger partial charge in [-0.3, -0.25) is 4.68 Å². The first kappa shape index (κ1) is 13.0. The Bertz CT molecular complexity index is 402. The van der Waals surface area contributed by atoms with Crippen molar-refractivity contribution < 1.29 is 14.7 Å². The number of rotatable bonds is 5. The van der Waals surface area contributed by atoms with Gasteiger partial charge in [-0.1, -0.05) is 13.3 Å². The lowest BCUT2D eigenvalue weighted by Crippen LogP contribution is -2.42. The van der Waals surface area contributed by atoms with E-state index in [1.54, 1.807) is 13.2 Å². The molecule has 0 spiro atoms. The molecule has 1 unspecified atom stereocenters. The molecule has 94 valence electrons. The van der Waals surface area contributed by atoms with Gasteiger partial charge >= 0.3 is 12.0 Å². The lowest BCUT2D eigenvalue weighted by atomic mass is 10.2. The Balaban J connectivity index is 2.50. The number of nitrogens with one attached hydrogen (secondary N) is 2. The molecule has 1 aromatic rings. The highest BCUT2D eigenvalue weighted by atomic mass is 16.4. The SMILES string of the molecule is CCCC(NC(=O)Nc1cnn(C)c1)C(=O)O. The van der Waals surface area contributed by atoms with E-state index in [4.69, 9.17) is 5.11 Å². The van der Waals surface area contributed by atoms with Crippen molar-refractivity contribution in [2.45, 2.75) is 25.8 Å². The average molecular weight is 240 g/mol. The first-order valence-corrected chi connectivity index (χ1v) is 5.32. The van der Waals surface area contributed by atoms with Crippen molar-refractivity contribution in [1.29, 1.82) is 0 Å². The fourth-order valence-corrected chi connectivity index (χ4v) is 1.36. The summed E-state index contributed by atoms with van der Waals surface area (Å²) >= 11 is 0. The number of anilines is 1. The fraction of sp³-hybridized carbons (Fsp3) is 0.500. The summed E-state index contributed by atoms with van der Waals surface area (Å²) in [7, 11) is 1.72. The average Bonchev–Trinajstić information content (AvgIpc) is 2.63. The van der Waals surface area contributed by atoms with Gasteiger partial charge in [0.05, 0.1) is 11.9 Å². The third kappa shape index (κ3) is 4.13. The van der Waals surface area contributed by atoms with E-state index in [0.717, 1.165) is 0 Å². The summed E-state index contributed by atoms with van der Waals surface area (Å²) in [5.41, 5.74) is 0.519. The van der Waals surface area contributed by atoms with Crippen LogP contribution in [0.2, 0.25) is 0 Å². The molecule has 0 saturated heterocycles. The maximum absolute atomic E-state index is 11.5. The maximum Gasteiger partial charge on any atom is 0.326 e. The molecule has 1 heterocycles. The Morgan fingerprint density at radius 2 is 2.29 bits per heavy atom. The Hall–Kier alpha value is -2.05. The minimum Gasteiger partial charge on any atom is -0.480 e. The number of carboxylic acid groups (broad SMARTS) is 1. The molecular formula is C10H16N4O3. The first-order chi connectivity index (χ1) is 8.02. The number of carbonyl (C=O) groups excluding carboxylic acids is 1. The predicted molar refractivity (Wildman–Crippen MR) is 61.7 cm³/mol. The zero-order chi connectivity index (χ0) is 12.8. The van der Waals surface area contributed by atoms with E-state index in [2.05, 4.69) is 15.7 Å². The van der Waals surface area contributed by atoms with E-state index >= 15 is 0 Å². The van der Waals surface area contributed by atoms with Crippen molar-refractivity contribution >= 4 is 17.7 Å². The second-order valence-corrected chi connectivity index (χ2v) is 3.68. The van der Waals surface area contributed by atoms with Gasteiger partial charge in [-0.2, -0.15) is 5.10 Å². The molecule has 0 bridgehead atoms. The Morgan fingerprint density at radius 1 is 1.59 bits per heavy atom. The number of hydrogen-bond donors (Lipinski definition) is 3. The molecule has 3 N–H and O–H groups in total. The van der Waals surface area contributed by atoms with Crippen LogP contribution in [0.4, 0.5) is 10.5 Å². The number of hydrogen-bond acceptors (Lipinski definition) is 3. The molecule has 1 aromatic heterocycles. The Labute approximate surface area is 98.8 Å². The van der Waals surface area contributed by atoms with Crippen LogP contribution in [0.5, 0.6) is 0 Å². The van der Waals surface area contributed by atoms with Gasteiger partial charge in [0.2, 0.25) is 0 Å². The summed E-state index contributed by atoms with van der Waals surface area (Å²) in [6.45, 7) is 1.86. The summed E-state index contributed by atoms with van der Waals surface area (Å²) in [5.74, 6) is -1.03. The lowest BCUT2D eigenvalue weighted by Gasteiger charge is -2.13. The molecule has 7 nitrogen and oxygen atoms in total. The zero-order valence-electron chi connectivity index (χ0n) is 9.80. The number of carboxylic acids is 1. The Kier molecular flexibility index (Phi) is 4.50. The third-order valence-corrected chi connectivity index (χ3v) is 2.14. The molecule has 0 aliphatic rings. The Morgan fingerprint density at radius 3 is 2.76 bits per heavy atom. The van der Waals surface area contributed by atoms with Gasteiger partial charge in [-0.25, -0.2) is 9.59 Å². The normalized spacial score (nSPS) is 11.9. The minimum atomic E-state index is -1.03. The highest BCUT2D eigenvalue weighted by molar-refractivity contribution is 5.91. The van der Waals surface area contributed by atoms with Crippen LogP contribution in [-0.2, 0) is 11.8 Å². The minimum absolute atomic E-state index is 0.399. The molecule has 1 rings (SSSR count). The van der Waals surface area contributed by atoms with Crippen molar-refractivity contribution in [1.82, 2.24) is 15.1 Å². The van der Waals surface area contributed by atoms with Crippen LogP contribution in [0.15, 0.2) is 12.4 Å². The quantitative estimate of drug-likeness (QED) is 0.709. The predicted octanol–water partition coefficient (Wildman–Crippen LogP) is 0.795. The number of aryl methyl sites for hydroxylation is 1. The smallest absolute Gasteiger partial charge is 0.326 e. The molecule has 0 aliphatic carbocycles. The topological polar surface area (TPSA) is 96.3 Å². The summed E-state index contributed by atoms with van der Waals surface area (Å²) in [6, 6.07) is -1.41. The number of aromatic nitrogens is 2. The van der Waals surface area contributed by atoms with E-state index < -0.39 is 18.0 Å². The standard InChI is InChI=1S/C10H16N4O3/c1-3-4-8(9(15)16)13-10(17)12-7-5-11-14(2)6-7/h5-6,8H,3-4H2,1-2H3,(H,15,16)(H2,12,13,17). The van der Waals surface area contributed by atoms with Gasteiger partial charge in [-0.15, -0.1) is 0 Å². The lowest BCUT2D eigenvalue weighted by molar-refractivity contribution is -0.139. The maximum atomic E-state index is 11.5. The van der Waals surface area contributed by atoms with Crippen LogP contribution in [0.25, 0.3) is 0 Å². The van der Waals surface area contributed by atoms with E-state index in [-0.39, 0.29) is 0 Å². The monoisotopic (exact) mass is 240 g/mol. The van der Waals surface area contributed by atoms with Gasteiger partial charge in [0.1, 0.15) is 6.04 Å². The van der Waals surface area contributed by atoms with Crippen molar-refractivity contribution in [3.05, 3.63) is 12.4 Å². The van der Waals surface area contributed by atoms with Crippen LogP contribution >= 0.6 is 0 Å². The van der Waals surface area contributed by atoms with Crippen molar-refractivity contribution in [2.24, 2.45) is 7.05 Å². The van der Waals surface area contributed by atoms with Gasteiger partial charge in [0, 0.05) is 13.2 Å². The molecule has 0 aliphatic heterocycles. The molecule has 0 aromatic carbocycles. The summed E-state index contributed by atoms with van der Waals surface area (Å²) in [4.78, 5) is 22.3. The van der Waals surface area contributed by atoms with Crippen molar-refractivity contribution in [3.8, 4) is 0 Å². The van der Waals surface area contributed by atoms with Crippen LogP contribution in [-0.4, -0.2) is 32.9 Å². The zero-order valence-corrected chi connectivity index (χ0v) is 9.80. The van der Waals surface area contributed by atoms with Crippen LogP contribution in [0, 0.1) is 0 Å². The number of nitrogens with zero attached hydrogens (tertiary/aromatic N) is 2. The summed E-state index contributed by atoms with van der Waals surface area (Å²) < 4.78 is 1.54. The third-order valence-electron chi connectivity index (χ3n) is 2.14. The van der Waals surface area contributed by atoms with Crippen LogP contribution < -0.4 is 10.6 Å². The van der Waals surface area contributed by atoms with Crippen molar-refractivity contribution in [3.63, 3.8) is 0 Å². The molecular weight excluding hydrogens is 224 g/mol. The molecule has 17 heavy (non-hydrogen) atoms. The van der Waals surface area contributed by atoms with E-state index in [0.29, 0.717) is 18.5 Å². The highest BCUT2D eigenvalue weighted by Crippen LogP contribution is 2.03. The largest absolute Gasteiger partial charge is 0.480 e. The molecule has 2 amide bonds. The fourth-order valence-electron chi connectivity index (χ4n) is 1.36. The number of amides is 2. The van der Waals surface area contributed by atoms with Gasteiger partial charge in [-0.05, 0) is 6.42 Å². The van der Waals surface area contributed by atoms with Gasteiger partial charge < -0.3 is 15.7 Å². The van der Waals surface area contributed by atoms with E-state index in [9.17, 15) is 9.59 Å². The molecule has 7 heteroatoms. The number of urea groups is 1. The van der Waals surface area contributed by atoms with Crippen LogP contribution in [0.3, 0.4) is 0 Å². The highest BCUT2D eigenvalue weighted by Gasteiger charge is 2.18.